The second-order valence-corrected chi connectivity index (χ2v) is 3.66. The fraction of sp³-hybridized carbons (Fsp3) is 0.583. The zero-order valence-corrected chi connectivity index (χ0v) is 11.0. The second-order valence-electron chi connectivity index (χ2n) is 3.66. The summed E-state index contributed by atoms with van der Waals surface area (Å²) < 4.78 is 13.8. The normalized spacial score (nSPS) is 11.1. The third kappa shape index (κ3) is 6.03. The monoisotopic (exact) mass is 258 g/mol. The first-order chi connectivity index (χ1) is 8.42. The van der Waals surface area contributed by atoms with E-state index in [1.165, 1.54) is 21.1 Å². The molecule has 6 nitrogen and oxygen atoms in total. The van der Waals surface area contributed by atoms with Gasteiger partial charge in [-0.1, -0.05) is 5.57 Å². The van der Waals surface area contributed by atoms with E-state index in [0.717, 1.165) is 5.57 Å². The molecule has 18 heavy (non-hydrogen) atoms. The van der Waals surface area contributed by atoms with Gasteiger partial charge in [-0.05, 0) is 19.4 Å². The highest BCUT2D eigenvalue weighted by Gasteiger charge is 2.28. The predicted octanol–water partition coefficient (Wildman–Crippen LogP) is 0.848. The summed E-state index contributed by atoms with van der Waals surface area (Å²) in [5, 5.41) is 0. The van der Waals surface area contributed by atoms with Crippen LogP contribution in [0.4, 0.5) is 0 Å². The molecular formula is C12H18O6. The molecule has 0 aliphatic rings. The first-order valence-corrected chi connectivity index (χ1v) is 5.37. The Bertz CT molecular complexity index is 328. The van der Waals surface area contributed by atoms with Gasteiger partial charge in [-0.15, -0.1) is 0 Å². The molecule has 0 bridgehead atoms. The van der Waals surface area contributed by atoms with Gasteiger partial charge in [0.15, 0.2) is 5.92 Å². The summed E-state index contributed by atoms with van der Waals surface area (Å²) in [6, 6.07) is 0. The average Bonchev–Trinajstić information content (AvgIpc) is 2.33. The minimum absolute atomic E-state index is 0.107. The Morgan fingerprint density at radius 1 is 1.06 bits per heavy atom. The molecule has 0 aromatic heterocycles. The molecule has 0 unspecified atom stereocenters. The van der Waals surface area contributed by atoms with E-state index in [1.807, 2.05) is 0 Å². The van der Waals surface area contributed by atoms with Gasteiger partial charge in [0.25, 0.3) is 0 Å². The van der Waals surface area contributed by atoms with Gasteiger partial charge in [-0.25, -0.2) is 0 Å². The quantitative estimate of drug-likeness (QED) is 0.304. The van der Waals surface area contributed by atoms with Gasteiger partial charge in [0.1, 0.15) is 6.61 Å². The van der Waals surface area contributed by atoms with Gasteiger partial charge in [-0.3, -0.25) is 14.4 Å². The number of ether oxygens (including phenoxy) is 3. The first kappa shape index (κ1) is 16.1. The van der Waals surface area contributed by atoms with Crippen LogP contribution in [0.1, 0.15) is 20.3 Å². The van der Waals surface area contributed by atoms with Crippen LogP contribution < -0.4 is 0 Å². The van der Waals surface area contributed by atoms with E-state index in [1.54, 1.807) is 13.0 Å². The number of carbonyl (C=O) groups excluding carboxylic acids is 3. The van der Waals surface area contributed by atoms with Crippen LogP contribution in [0.2, 0.25) is 0 Å². The molecule has 102 valence electrons. The van der Waals surface area contributed by atoms with Crippen molar-refractivity contribution >= 4 is 17.9 Å². The molecule has 0 aliphatic heterocycles. The molecule has 0 N–H and O–H groups in total. The van der Waals surface area contributed by atoms with E-state index in [0.29, 0.717) is 0 Å². The van der Waals surface area contributed by atoms with Gasteiger partial charge in [0, 0.05) is 6.92 Å². The van der Waals surface area contributed by atoms with E-state index in [2.05, 4.69) is 9.47 Å². The Morgan fingerprint density at radius 2 is 1.56 bits per heavy atom. The predicted molar refractivity (Wildman–Crippen MR) is 62.5 cm³/mol. The van der Waals surface area contributed by atoms with E-state index in [-0.39, 0.29) is 13.0 Å². The fourth-order valence-corrected chi connectivity index (χ4v) is 1.25. The number of carbonyl (C=O) groups is 3. The molecular weight excluding hydrogens is 240 g/mol. The summed E-state index contributed by atoms with van der Waals surface area (Å²) in [5.41, 5.74) is 0.733. The average molecular weight is 258 g/mol. The first-order valence-electron chi connectivity index (χ1n) is 5.37. The lowest BCUT2D eigenvalue weighted by molar-refractivity contribution is -0.158. The van der Waals surface area contributed by atoms with Crippen molar-refractivity contribution in [2.45, 2.75) is 20.3 Å². The molecule has 0 aromatic carbocycles. The number of esters is 3. The Kier molecular flexibility index (Phi) is 7.42. The molecule has 0 aliphatic carbocycles. The fourth-order valence-electron chi connectivity index (χ4n) is 1.25. The summed E-state index contributed by atoms with van der Waals surface area (Å²) in [4.78, 5) is 33.3. The van der Waals surface area contributed by atoms with Crippen LogP contribution >= 0.6 is 0 Å². The number of hydrogen-bond acceptors (Lipinski definition) is 6. The van der Waals surface area contributed by atoms with Crippen LogP contribution in [0, 0.1) is 5.92 Å². The zero-order chi connectivity index (χ0) is 14.1. The van der Waals surface area contributed by atoms with Crippen molar-refractivity contribution in [2.75, 3.05) is 20.8 Å². The largest absolute Gasteiger partial charge is 0.468 e. The maximum absolute atomic E-state index is 11.4. The van der Waals surface area contributed by atoms with Crippen LogP contribution in [0.25, 0.3) is 0 Å². The lowest BCUT2D eigenvalue weighted by Gasteiger charge is -2.12. The molecule has 0 aromatic rings. The number of allylic oxidation sites excluding steroid dienone is 1. The van der Waals surface area contributed by atoms with Crippen molar-refractivity contribution in [3.05, 3.63) is 11.6 Å². The molecule has 0 saturated heterocycles. The summed E-state index contributed by atoms with van der Waals surface area (Å²) in [7, 11) is 2.41. The summed E-state index contributed by atoms with van der Waals surface area (Å²) in [6.07, 6.45) is 1.79. The molecule has 0 fully saturated rings. The zero-order valence-electron chi connectivity index (χ0n) is 11.0. The molecule has 0 saturated carbocycles. The van der Waals surface area contributed by atoms with Gasteiger partial charge >= 0.3 is 17.9 Å². The second kappa shape index (κ2) is 8.27. The van der Waals surface area contributed by atoms with Crippen LogP contribution in [-0.2, 0) is 28.6 Å². The maximum atomic E-state index is 11.4. The Labute approximate surface area is 106 Å². The van der Waals surface area contributed by atoms with Gasteiger partial charge in [0.2, 0.25) is 0 Å². The molecule has 0 radical (unpaired) electrons. The van der Waals surface area contributed by atoms with E-state index in [9.17, 15) is 14.4 Å². The van der Waals surface area contributed by atoms with Crippen molar-refractivity contribution in [1.82, 2.24) is 0 Å². The lowest BCUT2D eigenvalue weighted by atomic mass is 10.0. The molecule has 0 spiro atoms. The smallest absolute Gasteiger partial charge is 0.320 e. The highest BCUT2D eigenvalue weighted by Crippen LogP contribution is 2.14. The minimum atomic E-state index is -0.992. The SMILES string of the molecule is COC(=O)C(C/C(C)=C/COC(C)=O)C(=O)OC. The highest BCUT2D eigenvalue weighted by molar-refractivity contribution is 5.95. The van der Waals surface area contributed by atoms with Crippen molar-refractivity contribution in [1.29, 1.82) is 0 Å². The van der Waals surface area contributed by atoms with Crippen molar-refractivity contribution in [2.24, 2.45) is 5.92 Å². The van der Waals surface area contributed by atoms with E-state index in [4.69, 9.17) is 4.74 Å². The topological polar surface area (TPSA) is 78.9 Å². The van der Waals surface area contributed by atoms with Crippen LogP contribution in [-0.4, -0.2) is 38.7 Å². The summed E-state index contributed by atoms with van der Waals surface area (Å²) in [5.74, 6) is -2.69. The van der Waals surface area contributed by atoms with E-state index < -0.39 is 23.8 Å². The molecule has 0 atom stereocenters. The Morgan fingerprint density at radius 3 is 1.94 bits per heavy atom. The molecule has 0 heterocycles. The molecule has 0 rings (SSSR count). The third-order valence-electron chi connectivity index (χ3n) is 2.22. The minimum Gasteiger partial charge on any atom is -0.468 e. The highest BCUT2D eigenvalue weighted by atomic mass is 16.5. The Hall–Kier alpha value is -1.85. The summed E-state index contributed by atoms with van der Waals surface area (Å²) in [6.45, 7) is 3.13. The number of rotatable bonds is 6. The van der Waals surface area contributed by atoms with Crippen LogP contribution in [0.5, 0.6) is 0 Å². The lowest BCUT2D eigenvalue weighted by Crippen LogP contribution is -2.26. The molecule has 6 heteroatoms. The van der Waals surface area contributed by atoms with E-state index >= 15 is 0 Å². The van der Waals surface area contributed by atoms with Crippen molar-refractivity contribution in [3.63, 3.8) is 0 Å². The van der Waals surface area contributed by atoms with Gasteiger partial charge in [-0.2, -0.15) is 0 Å². The van der Waals surface area contributed by atoms with Gasteiger partial charge in [0.05, 0.1) is 14.2 Å². The molecule has 0 amide bonds. The standard InChI is InChI=1S/C12H18O6/c1-8(5-6-18-9(2)13)7-10(11(14)16-3)12(15)17-4/h5,10H,6-7H2,1-4H3/b8-5+. The van der Waals surface area contributed by atoms with Gasteiger partial charge < -0.3 is 14.2 Å². The number of hydrogen-bond donors (Lipinski definition) is 0. The van der Waals surface area contributed by atoms with Crippen LogP contribution in [0.3, 0.4) is 0 Å². The van der Waals surface area contributed by atoms with Crippen molar-refractivity contribution in [3.8, 4) is 0 Å². The number of methoxy groups -OCH3 is 2. The Balaban J connectivity index is 4.52. The van der Waals surface area contributed by atoms with Crippen LogP contribution in [0.15, 0.2) is 11.6 Å². The maximum Gasteiger partial charge on any atom is 0.320 e. The van der Waals surface area contributed by atoms with Crippen molar-refractivity contribution < 1.29 is 28.6 Å². The summed E-state index contributed by atoms with van der Waals surface area (Å²) >= 11 is 0. The third-order valence-corrected chi connectivity index (χ3v) is 2.22.